The number of benzene rings is 1. The van der Waals surface area contributed by atoms with Gasteiger partial charge < -0.3 is 14.8 Å². The fourth-order valence-corrected chi connectivity index (χ4v) is 4.09. The highest BCUT2D eigenvalue weighted by atomic mass is 19.1. The SMILES string of the molecule is COc1ccc(F)cc1-c1ccnc2[nH]c(C3=CCN(CC(=O)O)C(C)(C)C3)cc12. The van der Waals surface area contributed by atoms with E-state index in [1.165, 1.54) is 12.1 Å². The summed E-state index contributed by atoms with van der Waals surface area (Å²) in [6, 6.07) is 8.34. The molecule has 156 valence electrons. The number of ether oxygens (including phenoxy) is 1. The number of carbonyl (C=O) groups is 1. The molecular formula is C23H24FN3O3. The first kappa shape index (κ1) is 20.1. The molecule has 1 aliphatic heterocycles. The number of nitrogens with zero attached hydrogens (tertiary/aromatic N) is 2. The third-order valence-electron chi connectivity index (χ3n) is 5.69. The first-order valence-corrected chi connectivity index (χ1v) is 9.76. The topological polar surface area (TPSA) is 78.5 Å². The fourth-order valence-electron chi connectivity index (χ4n) is 4.09. The molecule has 6 nitrogen and oxygen atoms in total. The molecule has 1 aromatic carbocycles. The third-order valence-corrected chi connectivity index (χ3v) is 5.69. The molecule has 0 spiro atoms. The van der Waals surface area contributed by atoms with Crippen LogP contribution in [0.25, 0.3) is 27.7 Å². The number of hydrogen-bond donors (Lipinski definition) is 2. The Labute approximate surface area is 174 Å². The molecule has 7 heteroatoms. The van der Waals surface area contributed by atoms with Crippen molar-refractivity contribution in [1.29, 1.82) is 0 Å². The minimum atomic E-state index is -0.830. The van der Waals surface area contributed by atoms with Crippen LogP contribution in [-0.2, 0) is 4.79 Å². The number of pyridine rings is 1. The number of carboxylic acid groups (broad SMARTS) is 1. The Morgan fingerprint density at radius 3 is 2.80 bits per heavy atom. The van der Waals surface area contributed by atoms with Crippen molar-refractivity contribution in [2.24, 2.45) is 0 Å². The number of H-pyrrole nitrogens is 1. The number of hydrogen-bond acceptors (Lipinski definition) is 4. The van der Waals surface area contributed by atoms with Crippen LogP contribution in [0.2, 0.25) is 0 Å². The molecule has 3 aromatic rings. The van der Waals surface area contributed by atoms with Crippen LogP contribution >= 0.6 is 0 Å². The predicted molar refractivity (Wildman–Crippen MR) is 114 cm³/mol. The molecule has 30 heavy (non-hydrogen) atoms. The Kier molecular flexibility index (Phi) is 5.07. The maximum absolute atomic E-state index is 13.9. The maximum Gasteiger partial charge on any atom is 0.317 e. The number of methoxy groups -OCH3 is 1. The zero-order chi connectivity index (χ0) is 21.5. The van der Waals surface area contributed by atoms with Crippen LogP contribution in [0.5, 0.6) is 5.75 Å². The summed E-state index contributed by atoms with van der Waals surface area (Å²) in [5, 5.41) is 10.0. The highest BCUT2D eigenvalue weighted by Crippen LogP contribution is 2.38. The molecule has 1 aliphatic rings. The van der Waals surface area contributed by atoms with E-state index in [9.17, 15) is 9.18 Å². The summed E-state index contributed by atoms with van der Waals surface area (Å²) in [6.45, 7) is 4.66. The van der Waals surface area contributed by atoms with E-state index in [0.29, 0.717) is 29.9 Å². The number of halogens is 1. The molecular weight excluding hydrogens is 385 g/mol. The van der Waals surface area contributed by atoms with Gasteiger partial charge in [0.1, 0.15) is 17.2 Å². The summed E-state index contributed by atoms with van der Waals surface area (Å²) >= 11 is 0. The van der Waals surface area contributed by atoms with Gasteiger partial charge in [-0.2, -0.15) is 0 Å². The van der Waals surface area contributed by atoms with E-state index in [0.717, 1.165) is 22.2 Å². The average Bonchev–Trinajstić information content (AvgIpc) is 3.13. The van der Waals surface area contributed by atoms with Gasteiger partial charge in [0.15, 0.2) is 0 Å². The number of fused-ring (bicyclic) bond motifs is 1. The molecule has 3 heterocycles. The molecule has 0 saturated carbocycles. The number of aromatic nitrogens is 2. The van der Waals surface area contributed by atoms with Crippen molar-refractivity contribution < 1.29 is 19.0 Å². The maximum atomic E-state index is 13.9. The lowest BCUT2D eigenvalue weighted by Gasteiger charge is -2.41. The Bertz CT molecular complexity index is 1150. The fraction of sp³-hybridized carbons (Fsp3) is 0.304. The van der Waals surface area contributed by atoms with Crippen LogP contribution < -0.4 is 4.74 Å². The second-order valence-corrected chi connectivity index (χ2v) is 8.14. The van der Waals surface area contributed by atoms with Gasteiger partial charge in [-0.25, -0.2) is 9.37 Å². The van der Waals surface area contributed by atoms with Gasteiger partial charge in [0.05, 0.1) is 13.7 Å². The van der Waals surface area contributed by atoms with Crippen molar-refractivity contribution in [3.8, 4) is 16.9 Å². The second-order valence-electron chi connectivity index (χ2n) is 8.14. The zero-order valence-electron chi connectivity index (χ0n) is 17.2. The van der Waals surface area contributed by atoms with Crippen LogP contribution in [-0.4, -0.2) is 51.7 Å². The molecule has 0 aliphatic carbocycles. The number of aromatic amines is 1. The monoisotopic (exact) mass is 409 g/mol. The first-order valence-electron chi connectivity index (χ1n) is 9.76. The van der Waals surface area contributed by atoms with Gasteiger partial charge in [-0.15, -0.1) is 0 Å². The van der Waals surface area contributed by atoms with Crippen molar-refractivity contribution in [3.63, 3.8) is 0 Å². The molecule has 0 saturated heterocycles. The van der Waals surface area contributed by atoms with Crippen LogP contribution in [0, 0.1) is 5.82 Å². The molecule has 2 aromatic heterocycles. The van der Waals surface area contributed by atoms with Gasteiger partial charge in [-0.3, -0.25) is 9.69 Å². The minimum Gasteiger partial charge on any atom is -0.496 e. The molecule has 0 radical (unpaired) electrons. The van der Waals surface area contributed by atoms with Gasteiger partial charge in [0.2, 0.25) is 0 Å². The quantitative estimate of drug-likeness (QED) is 0.656. The van der Waals surface area contributed by atoms with Crippen molar-refractivity contribution >= 4 is 22.6 Å². The number of rotatable bonds is 5. The molecule has 2 N–H and O–H groups in total. The van der Waals surface area contributed by atoms with Crippen LogP contribution in [0.15, 0.2) is 42.6 Å². The van der Waals surface area contributed by atoms with E-state index in [-0.39, 0.29) is 17.9 Å². The van der Waals surface area contributed by atoms with Crippen molar-refractivity contribution in [1.82, 2.24) is 14.9 Å². The predicted octanol–water partition coefficient (Wildman–Crippen LogP) is 4.33. The summed E-state index contributed by atoms with van der Waals surface area (Å²) in [7, 11) is 1.56. The normalized spacial score (nSPS) is 16.5. The largest absolute Gasteiger partial charge is 0.496 e. The average molecular weight is 409 g/mol. The van der Waals surface area contributed by atoms with Crippen LogP contribution in [0.4, 0.5) is 4.39 Å². The highest BCUT2D eigenvalue weighted by molar-refractivity contribution is 5.96. The zero-order valence-corrected chi connectivity index (χ0v) is 17.2. The number of carboxylic acids is 1. The van der Waals surface area contributed by atoms with Gasteiger partial charge in [0.25, 0.3) is 0 Å². The number of aliphatic carboxylic acids is 1. The second kappa shape index (κ2) is 7.57. The summed E-state index contributed by atoms with van der Waals surface area (Å²) < 4.78 is 19.4. The molecule has 0 unspecified atom stereocenters. The van der Waals surface area contributed by atoms with Crippen molar-refractivity contribution in [2.75, 3.05) is 20.2 Å². The lowest BCUT2D eigenvalue weighted by atomic mass is 9.87. The van der Waals surface area contributed by atoms with E-state index in [1.54, 1.807) is 19.4 Å². The molecule has 0 amide bonds. The summed E-state index contributed by atoms with van der Waals surface area (Å²) in [5.41, 5.74) is 3.96. The molecule has 0 atom stereocenters. The first-order chi connectivity index (χ1) is 14.3. The minimum absolute atomic E-state index is 0.00848. The molecule has 4 rings (SSSR count). The Hall–Kier alpha value is -3.19. The lowest BCUT2D eigenvalue weighted by molar-refractivity contribution is -0.139. The Balaban J connectivity index is 1.76. The lowest BCUT2D eigenvalue weighted by Crippen LogP contribution is -2.48. The van der Waals surface area contributed by atoms with Crippen LogP contribution in [0.1, 0.15) is 26.0 Å². The van der Waals surface area contributed by atoms with E-state index in [1.807, 2.05) is 30.9 Å². The van der Waals surface area contributed by atoms with Crippen molar-refractivity contribution in [2.45, 2.75) is 25.8 Å². The van der Waals surface area contributed by atoms with Gasteiger partial charge in [0, 0.05) is 34.9 Å². The summed E-state index contributed by atoms with van der Waals surface area (Å²) in [5.74, 6) is -0.570. The third kappa shape index (κ3) is 3.68. The van der Waals surface area contributed by atoms with E-state index >= 15 is 0 Å². The van der Waals surface area contributed by atoms with E-state index < -0.39 is 5.97 Å². The Morgan fingerprint density at radius 1 is 1.30 bits per heavy atom. The standard InChI is InChI=1S/C23H24FN3O3/c1-23(2)12-14(7-9-27(23)13-21(28)29)19-11-18-16(6-8-25-22(18)26-19)17-10-15(24)4-5-20(17)30-3/h4-8,10-11H,9,12-13H2,1-3H3,(H,25,26)(H,28,29). The highest BCUT2D eigenvalue weighted by Gasteiger charge is 2.32. The number of nitrogens with one attached hydrogen (secondary N) is 1. The summed E-state index contributed by atoms with van der Waals surface area (Å²) in [6.07, 6.45) is 4.45. The van der Waals surface area contributed by atoms with Gasteiger partial charge >= 0.3 is 5.97 Å². The summed E-state index contributed by atoms with van der Waals surface area (Å²) in [4.78, 5) is 20.9. The Morgan fingerprint density at radius 2 is 2.10 bits per heavy atom. The van der Waals surface area contributed by atoms with Crippen LogP contribution in [0.3, 0.4) is 0 Å². The van der Waals surface area contributed by atoms with Gasteiger partial charge in [-0.1, -0.05) is 6.08 Å². The smallest absolute Gasteiger partial charge is 0.317 e. The van der Waals surface area contributed by atoms with Gasteiger partial charge in [-0.05, 0) is 61.7 Å². The molecule has 0 bridgehead atoms. The van der Waals surface area contributed by atoms with Crippen molar-refractivity contribution in [3.05, 3.63) is 54.1 Å². The molecule has 0 fully saturated rings. The van der Waals surface area contributed by atoms with E-state index in [2.05, 4.69) is 16.0 Å². The van der Waals surface area contributed by atoms with E-state index in [4.69, 9.17) is 9.84 Å².